The van der Waals surface area contributed by atoms with Gasteiger partial charge in [-0.2, -0.15) is 5.10 Å². The number of fused-ring (bicyclic) bond motifs is 1. The fourth-order valence-electron chi connectivity index (χ4n) is 2.53. The van der Waals surface area contributed by atoms with Crippen LogP contribution in [0.4, 0.5) is 14.5 Å². The molecule has 0 aliphatic heterocycles. The van der Waals surface area contributed by atoms with Crippen LogP contribution in [0.3, 0.4) is 0 Å². The number of anilines is 1. The Balaban J connectivity index is 1.69. The molecular formula is C19H10BrF2N5O2S. The van der Waals surface area contributed by atoms with Crippen LogP contribution < -0.4 is 4.72 Å². The molecule has 0 amide bonds. The molecule has 0 aliphatic rings. The highest BCUT2D eigenvalue weighted by Crippen LogP contribution is 2.24. The normalized spacial score (nSPS) is 11.2. The highest BCUT2D eigenvalue weighted by molar-refractivity contribution is 9.10. The minimum Gasteiger partial charge on any atom is -0.277 e. The van der Waals surface area contributed by atoms with E-state index in [9.17, 15) is 17.2 Å². The van der Waals surface area contributed by atoms with Crippen molar-refractivity contribution in [3.8, 4) is 11.8 Å². The van der Waals surface area contributed by atoms with Gasteiger partial charge in [0.15, 0.2) is 11.5 Å². The first kappa shape index (κ1) is 19.9. The molecule has 0 bridgehead atoms. The fraction of sp³-hybridized carbons (Fsp3) is 0. The Kier molecular flexibility index (Phi) is 5.19. The van der Waals surface area contributed by atoms with Gasteiger partial charge in [-0.3, -0.25) is 14.8 Å². The van der Waals surface area contributed by atoms with Gasteiger partial charge in [-0.25, -0.2) is 22.2 Å². The Labute approximate surface area is 177 Å². The van der Waals surface area contributed by atoms with Crippen LogP contribution in [0, 0.1) is 23.5 Å². The van der Waals surface area contributed by atoms with E-state index in [1.54, 1.807) is 12.3 Å². The molecule has 4 rings (SSSR count). The summed E-state index contributed by atoms with van der Waals surface area (Å²) in [5.74, 6) is 2.97. The number of nitrogens with zero attached hydrogens (tertiary/aromatic N) is 3. The second-order valence-electron chi connectivity index (χ2n) is 6.01. The smallest absolute Gasteiger partial charge is 0.263 e. The Morgan fingerprint density at radius 2 is 1.90 bits per heavy atom. The van der Waals surface area contributed by atoms with Gasteiger partial charge < -0.3 is 0 Å². The molecule has 30 heavy (non-hydrogen) atoms. The molecule has 0 fully saturated rings. The topological polar surface area (TPSA) is 101 Å². The Bertz CT molecular complexity index is 1440. The lowest BCUT2D eigenvalue weighted by Gasteiger charge is -2.10. The van der Waals surface area contributed by atoms with Gasteiger partial charge in [0.1, 0.15) is 10.7 Å². The van der Waals surface area contributed by atoms with Crippen LogP contribution in [0.2, 0.25) is 0 Å². The maximum Gasteiger partial charge on any atom is 0.263 e. The molecule has 150 valence electrons. The van der Waals surface area contributed by atoms with Crippen molar-refractivity contribution in [2.24, 2.45) is 0 Å². The van der Waals surface area contributed by atoms with Crippen LogP contribution in [-0.2, 0) is 10.0 Å². The van der Waals surface area contributed by atoms with Crippen molar-refractivity contribution >= 4 is 42.7 Å². The number of rotatable bonds is 3. The summed E-state index contributed by atoms with van der Waals surface area (Å²) < 4.78 is 56.5. The predicted molar refractivity (Wildman–Crippen MR) is 109 cm³/mol. The molecule has 0 unspecified atom stereocenters. The number of H-pyrrole nitrogens is 1. The standard InChI is InChI=1S/C19H10BrF2N5O2S/c20-13-6-14(10-23-9-13)30(28,29)27-17-4-3-16(21)15(18(17)22)2-1-11-5-12-8-25-26-19(12)24-7-11/h3-10,27H,(H,24,25,26). The fourth-order valence-corrected chi connectivity index (χ4v) is 4.09. The van der Waals surface area contributed by atoms with E-state index in [0.29, 0.717) is 21.1 Å². The van der Waals surface area contributed by atoms with E-state index in [4.69, 9.17) is 0 Å². The number of halogens is 3. The van der Waals surface area contributed by atoms with E-state index < -0.39 is 32.9 Å². The molecule has 11 heteroatoms. The maximum absolute atomic E-state index is 14.8. The molecule has 3 heterocycles. The summed E-state index contributed by atoms with van der Waals surface area (Å²) in [6.45, 7) is 0. The Morgan fingerprint density at radius 1 is 1.07 bits per heavy atom. The molecule has 0 atom stereocenters. The summed E-state index contributed by atoms with van der Waals surface area (Å²) in [5.41, 5.74) is -0.0517. The summed E-state index contributed by atoms with van der Waals surface area (Å²) in [6, 6.07) is 4.87. The molecule has 0 radical (unpaired) electrons. The lowest BCUT2D eigenvalue weighted by atomic mass is 10.1. The quantitative estimate of drug-likeness (QED) is 0.428. The number of pyridine rings is 2. The predicted octanol–water partition coefficient (Wildman–Crippen LogP) is 3.59. The van der Waals surface area contributed by atoms with Crippen molar-refractivity contribution in [2.45, 2.75) is 4.90 Å². The first-order valence-corrected chi connectivity index (χ1v) is 10.5. The van der Waals surface area contributed by atoms with Crippen molar-refractivity contribution in [1.29, 1.82) is 0 Å². The molecule has 3 aromatic heterocycles. The van der Waals surface area contributed by atoms with Crippen molar-refractivity contribution in [3.63, 3.8) is 0 Å². The number of nitrogens with one attached hydrogen (secondary N) is 2. The second kappa shape index (κ2) is 7.81. The average molecular weight is 490 g/mol. The number of hydrogen-bond acceptors (Lipinski definition) is 5. The molecule has 4 aromatic rings. The molecule has 1 aromatic carbocycles. The molecule has 0 saturated heterocycles. The molecule has 0 spiro atoms. The van der Waals surface area contributed by atoms with Gasteiger partial charge in [-0.15, -0.1) is 0 Å². The zero-order chi connectivity index (χ0) is 21.3. The highest BCUT2D eigenvalue weighted by atomic mass is 79.9. The van der Waals surface area contributed by atoms with Crippen molar-refractivity contribution in [3.05, 3.63) is 76.3 Å². The molecule has 0 saturated carbocycles. The van der Waals surface area contributed by atoms with Crippen molar-refractivity contribution in [2.75, 3.05) is 4.72 Å². The Hall–Kier alpha value is -3.36. The minimum atomic E-state index is -4.15. The van der Waals surface area contributed by atoms with E-state index in [0.717, 1.165) is 18.3 Å². The lowest BCUT2D eigenvalue weighted by molar-refractivity contribution is 0.578. The van der Waals surface area contributed by atoms with Gasteiger partial charge in [0, 0.05) is 34.0 Å². The summed E-state index contributed by atoms with van der Waals surface area (Å²) in [5, 5.41) is 7.21. The van der Waals surface area contributed by atoms with E-state index in [2.05, 4.69) is 52.7 Å². The zero-order valence-electron chi connectivity index (χ0n) is 14.8. The zero-order valence-corrected chi connectivity index (χ0v) is 17.2. The van der Waals surface area contributed by atoms with E-state index in [-0.39, 0.29) is 4.90 Å². The first-order chi connectivity index (χ1) is 14.3. The Morgan fingerprint density at radius 3 is 2.70 bits per heavy atom. The monoisotopic (exact) mass is 489 g/mol. The molecule has 2 N–H and O–H groups in total. The summed E-state index contributed by atoms with van der Waals surface area (Å²) in [7, 11) is -4.15. The lowest BCUT2D eigenvalue weighted by Crippen LogP contribution is -2.15. The number of benzene rings is 1. The summed E-state index contributed by atoms with van der Waals surface area (Å²) in [6.07, 6.45) is 5.48. The number of sulfonamides is 1. The van der Waals surface area contributed by atoms with E-state index in [1.807, 2.05) is 0 Å². The maximum atomic E-state index is 14.8. The number of hydrogen-bond donors (Lipinski definition) is 2. The van der Waals surface area contributed by atoms with Crippen LogP contribution in [0.5, 0.6) is 0 Å². The minimum absolute atomic E-state index is 0.187. The van der Waals surface area contributed by atoms with Crippen LogP contribution in [0.1, 0.15) is 11.1 Å². The second-order valence-corrected chi connectivity index (χ2v) is 8.61. The largest absolute Gasteiger partial charge is 0.277 e. The third-order valence-electron chi connectivity index (χ3n) is 3.95. The van der Waals surface area contributed by atoms with Crippen molar-refractivity contribution in [1.82, 2.24) is 20.2 Å². The molecule has 7 nitrogen and oxygen atoms in total. The third kappa shape index (κ3) is 4.00. The van der Waals surface area contributed by atoms with Gasteiger partial charge in [0.05, 0.1) is 17.4 Å². The van der Waals surface area contributed by atoms with Gasteiger partial charge in [-0.05, 0) is 40.2 Å². The van der Waals surface area contributed by atoms with Gasteiger partial charge in [0.2, 0.25) is 0 Å². The van der Waals surface area contributed by atoms with E-state index >= 15 is 0 Å². The third-order valence-corrected chi connectivity index (χ3v) is 5.71. The van der Waals surface area contributed by atoms with Crippen LogP contribution >= 0.6 is 15.9 Å². The van der Waals surface area contributed by atoms with Gasteiger partial charge in [-0.1, -0.05) is 11.8 Å². The molecule has 0 aliphatic carbocycles. The van der Waals surface area contributed by atoms with Crippen LogP contribution in [0.25, 0.3) is 11.0 Å². The average Bonchev–Trinajstić information content (AvgIpc) is 3.18. The highest BCUT2D eigenvalue weighted by Gasteiger charge is 2.20. The van der Waals surface area contributed by atoms with Gasteiger partial charge in [0.25, 0.3) is 10.0 Å². The van der Waals surface area contributed by atoms with Crippen LogP contribution in [-0.4, -0.2) is 28.6 Å². The van der Waals surface area contributed by atoms with Crippen molar-refractivity contribution < 1.29 is 17.2 Å². The van der Waals surface area contributed by atoms with E-state index in [1.165, 1.54) is 18.5 Å². The SMILES string of the molecule is O=S(=O)(Nc1ccc(F)c(C#Cc2cnc3[nH]ncc3c2)c1F)c1cncc(Br)c1. The molecular weight excluding hydrogens is 480 g/mol. The summed E-state index contributed by atoms with van der Waals surface area (Å²) in [4.78, 5) is 7.68. The summed E-state index contributed by atoms with van der Waals surface area (Å²) >= 11 is 3.12. The first-order valence-electron chi connectivity index (χ1n) is 8.26. The number of aromatic nitrogens is 4. The van der Waals surface area contributed by atoms with Crippen LogP contribution in [0.15, 0.2) is 58.4 Å². The van der Waals surface area contributed by atoms with Gasteiger partial charge >= 0.3 is 0 Å². The number of aromatic amines is 1.